The van der Waals surface area contributed by atoms with Crippen molar-refractivity contribution in [3.8, 4) is 0 Å². The summed E-state index contributed by atoms with van der Waals surface area (Å²) in [5.74, 6) is 1.19. The number of hydrogen-bond donors (Lipinski definition) is 2. The van der Waals surface area contributed by atoms with Crippen LogP contribution in [0.1, 0.15) is 30.9 Å². The third-order valence-electron chi connectivity index (χ3n) is 3.00. The maximum absolute atomic E-state index is 5.67. The van der Waals surface area contributed by atoms with Crippen LogP contribution < -0.4 is 5.73 Å². The summed E-state index contributed by atoms with van der Waals surface area (Å²) in [6.07, 6.45) is 3.86. The highest BCUT2D eigenvalue weighted by atomic mass is 15.2. The van der Waals surface area contributed by atoms with E-state index in [4.69, 9.17) is 5.73 Å². The molecule has 0 unspecified atom stereocenters. The van der Waals surface area contributed by atoms with Gasteiger partial charge in [-0.25, -0.2) is 4.98 Å². The van der Waals surface area contributed by atoms with Gasteiger partial charge < -0.3 is 5.73 Å². The second kappa shape index (κ2) is 2.70. The van der Waals surface area contributed by atoms with Crippen LogP contribution in [-0.2, 0) is 0 Å². The molecular formula is C10H12N4. The predicted molar refractivity (Wildman–Crippen MR) is 54.9 cm³/mol. The van der Waals surface area contributed by atoms with Gasteiger partial charge in [0, 0.05) is 11.6 Å². The number of nitrogens with two attached hydrogens (primary N) is 1. The van der Waals surface area contributed by atoms with E-state index in [1.54, 1.807) is 0 Å². The first-order chi connectivity index (χ1) is 6.84. The number of aromatic nitrogens is 3. The van der Waals surface area contributed by atoms with E-state index >= 15 is 0 Å². The molecule has 1 saturated carbocycles. The standard InChI is InChI=1S/C10H12N4/c11-9-7-4-5-8(6-2-1-3-6)12-10(7)14-13-9/h4-6H,1-3H2,(H3,11,12,13,14). The summed E-state index contributed by atoms with van der Waals surface area (Å²) in [6, 6.07) is 4.08. The Hall–Kier alpha value is -1.58. The van der Waals surface area contributed by atoms with Crippen molar-refractivity contribution in [2.45, 2.75) is 25.2 Å². The second-order valence-corrected chi connectivity index (χ2v) is 3.87. The molecule has 2 aromatic rings. The minimum Gasteiger partial charge on any atom is -0.382 e. The lowest BCUT2D eigenvalue weighted by atomic mass is 9.83. The first-order valence-electron chi connectivity index (χ1n) is 4.95. The molecule has 0 bridgehead atoms. The number of hydrogen-bond acceptors (Lipinski definition) is 3. The van der Waals surface area contributed by atoms with Crippen molar-refractivity contribution in [1.82, 2.24) is 15.2 Å². The molecule has 0 saturated heterocycles. The molecule has 0 aromatic carbocycles. The zero-order valence-electron chi connectivity index (χ0n) is 7.83. The van der Waals surface area contributed by atoms with Crippen LogP contribution in [0.4, 0.5) is 5.82 Å². The van der Waals surface area contributed by atoms with E-state index in [1.165, 1.54) is 25.0 Å². The molecule has 1 aliphatic carbocycles. The largest absolute Gasteiger partial charge is 0.382 e. The average Bonchev–Trinajstić information content (AvgIpc) is 2.45. The predicted octanol–water partition coefficient (Wildman–Crippen LogP) is 1.81. The Labute approximate surface area is 81.5 Å². The summed E-state index contributed by atoms with van der Waals surface area (Å²) >= 11 is 0. The lowest BCUT2D eigenvalue weighted by molar-refractivity contribution is 0.412. The van der Waals surface area contributed by atoms with Crippen molar-refractivity contribution < 1.29 is 0 Å². The van der Waals surface area contributed by atoms with Crippen LogP contribution in [-0.4, -0.2) is 15.2 Å². The number of H-pyrrole nitrogens is 1. The normalized spacial score (nSPS) is 17.1. The number of aromatic amines is 1. The Morgan fingerprint density at radius 1 is 1.36 bits per heavy atom. The van der Waals surface area contributed by atoms with Gasteiger partial charge in [-0.3, -0.25) is 5.10 Å². The van der Waals surface area contributed by atoms with Crippen LogP contribution in [0.5, 0.6) is 0 Å². The van der Waals surface area contributed by atoms with E-state index in [1.807, 2.05) is 6.07 Å². The number of pyridine rings is 1. The highest BCUT2D eigenvalue weighted by Gasteiger charge is 2.21. The summed E-state index contributed by atoms with van der Waals surface area (Å²) in [4.78, 5) is 4.52. The van der Waals surface area contributed by atoms with Crippen LogP contribution in [0.2, 0.25) is 0 Å². The van der Waals surface area contributed by atoms with Crippen molar-refractivity contribution in [2.75, 3.05) is 5.73 Å². The summed E-state index contributed by atoms with van der Waals surface area (Å²) in [5.41, 5.74) is 7.65. The molecule has 2 heterocycles. The fraction of sp³-hybridized carbons (Fsp3) is 0.400. The summed E-state index contributed by atoms with van der Waals surface area (Å²) in [5, 5.41) is 7.70. The first kappa shape index (κ1) is 7.79. The van der Waals surface area contributed by atoms with Crippen LogP contribution in [0.15, 0.2) is 12.1 Å². The Kier molecular flexibility index (Phi) is 1.50. The molecule has 1 fully saturated rings. The summed E-state index contributed by atoms with van der Waals surface area (Å²) in [6.45, 7) is 0. The lowest BCUT2D eigenvalue weighted by Gasteiger charge is -2.24. The SMILES string of the molecule is Nc1n[nH]c2nc(C3CCC3)ccc12. The van der Waals surface area contributed by atoms with Gasteiger partial charge in [-0.15, -0.1) is 0 Å². The Morgan fingerprint density at radius 2 is 2.21 bits per heavy atom. The van der Waals surface area contributed by atoms with Gasteiger partial charge in [-0.1, -0.05) is 6.42 Å². The number of nitrogens with zero attached hydrogens (tertiary/aromatic N) is 2. The molecule has 3 rings (SSSR count). The van der Waals surface area contributed by atoms with E-state index in [0.717, 1.165) is 11.0 Å². The third-order valence-corrected chi connectivity index (χ3v) is 3.00. The number of nitrogen functional groups attached to an aromatic ring is 1. The summed E-state index contributed by atoms with van der Waals surface area (Å²) < 4.78 is 0. The van der Waals surface area contributed by atoms with Crippen molar-refractivity contribution in [1.29, 1.82) is 0 Å². The molecule has 0 amide bonds. The topological polar surface area (TPSA) is 67.6 Å². The first-order valence-corrected chi connectivity index (χ1v) is 4.95. The van der Waals surface area contributed by atoms with Gasteiger partial charge in [0.25, 0.3) is 0 Å². The number of anilines is 1. The Bertz CT molecular complexity index is 470. The molecule has 0 atom stereocenters. The highest BCUT2D eigenvalue weighted by Crippen LogP contribution is 2.35. The number of fused-ring (bicyclic) bond motifs is 1. The zero-order chi connectivity index (χ0) is 9.54. The lowest BCUT2D eigenvalue weighted by Crippen LogP contribution is -2.10. The smallest absolute Gasteiger partial charge is 0.157 e. The van der Waals surface area contributed by atoms with E-state index in [2.05, 4.69) is 21.2 Å². The van der Waals surface area contributed by atoms with Gasteiger partial charge in [-0.05, 0) is 25.0 Å². The molecule has 14 heavy (non-hydrogen) atoms. The number of rotatable bonds is 1. The van der Waals surface area contributed by atoms with Gasteiger partial charge in [0.15, 0.2) is 11.5 Å². The van der Waals surface area contributed by atoms with Crippen molar-refractivity contribution in [3.05, 3.63) is 17.8 Å². The van der Waals surface area contributed by atoms with E-state index < -0.39 is 0 Å². The van der Waals surface area contributed by atoms with Crippen LogP contribution in [0.25, 0.3) is 11.0 Å². The monoisotopic (exact) mass is 188 g/mol. The average molecular weight is 188 g/mol. The fourth-order valence-corrected chi connectivity index (χ4v) is 1.87. The molecule has 0 radical (unpaired) electrons. The molecule has 4 nitrogen and oxygen atoms in total. The van der Waals surface area contributed by atoms with Crippen molar-refractivity contribution in [2.24, 2.45) is 0 Å². The van der Waals surface area contributed by atoms with E-state index in [0.29, 0.717) is 11.7 Å². The van der Waals surface area contributed by atoms with Gasteiger partial charge in [0.1, 0.15) is 0 Å². The Morgan fingerprint density at radius 3 is 2.93 bits per heavy atom. The molecule has 2 aromatic heterocycles. The molecule has 3 N–H and O–H groups in total. The molecular weight excluding hydrogens is 176 g/mol. The Balaban J connectivity index is 2.10. The summed E-state index contributed by atoms with van der Waals surface area (Å²) in [7, 11) is 0. The third kappa shape index (κ3) is 0.999. The van der Waals surface area contributed by atoms with Crippen molar-refractivity contribution >= 4 is 16.9 Å². The molecule has 0 spiro atoms. The minimum absolute atomic E-state index is 0.535. The second-order valence-electron chi connectivity index (χ2n) is 3.87. The van der Waals surface area contributed by atoms with Crippen molar-refractivity contribution in [3.63, 3.8) is 0 Å². The maximum Gasteiger partial charge on any atom is 0.157 e. The van der Waals surface area contributed by atoms with Gasteiger partial charge in [0.2, 0.25) is 0 Å². The molecule has 4 heteroatoms. The number of nitrogens with one attached hydrogen (secondary N) is 1. The van der Waals surface area contributed by atoms with Crippen LogP contribution in [0.3, 0.4) is 0 Å². The molecule has 72 valence electrons. The fourth-order valence-electron chi connectivity index (χ4n) is 1.87. The quantitative estimate of drug-likeness (QED) is 0.717. The molecule has 0 aliphatic heterocycles. The minimum atomic E-state index is 0.535. The maximum atomic E-state index is 5.67. The van der Waals surface area contributed by atoms with Gasteiger partial charge in [-0.2, -0.15) is 5.10 Å². The zero-order valence-corrected chi connectivity index (χ0v) is 7.83. The van der Waals surface area contributed by atoms with Gasteiger partial charge >= 0.3 is 0 Å². The molecule has 1 aliphatic rings. The van der Waals surface area contributed by atoms with Crippen LogP contribution in [0, 0.1) is 0 Å². The van der Waals surface area contributed by atoms with Crippen LogP contribution >= 0.6 is 0 Å². The highest BCUT2D eigenvalue weighted by molar-refractivity contribution is 5.85. The van der Waals surface area contributed by atoms with E-state index in [-0.39, 0.29) is 0 Å². The van der Waals surface area contributed by atoms with Gasteiger partial charge in [0.05, 0.1) is 5.39 Å². The van der Waals surface area contributed by atoms with E-state index in [9.17, 15) is 0 Å².